The van der Waals surface area contributed by atoms with Crippen LogP contribution in [0.2, 0.25) is 0 Å². The molecule has 2 aromatic rings. The number of fused-ring (bicyclic) bond motifs is 2. The molecule has 0 radical (unpaired) electrons. The second-order valence-corrected chi connectivity index (χ2v) is 6.31. The fraction of sp³-hybridized carbons (Fsp3) is 0.368. The van der Waals surface area contributed by atoms with E-state index in [-0.39, 0.29) is 5.82 Å². The van der Waals surface area contributed by atoms with E-state index < -0.39 is 0 Å². The molecule has 0 amide bonds. The van der Waals surface area contributed by atoms with Crippen molar-refractivity contribution in [2.75, 3.05) is 32.1 Å². The molecule has 1 aliphatic rings. The number of halogens is 1. The van der Waals surface area contributed by atoms with Crippen LogP contribution in [0, 0.1) is 12.7 Å². The molecule has 3 heteroatoms. The van der Waals surface area contributed by atoms with Crippen LogP contribution in [0.4, 0.5) is 15.8 Å². The minimum absolute atomic E-state index is 0.0513. The molecule has 22 heavy (non-hydrogen) atoms. The zero-order valence-corrected chi connectivity index (χ0v) is 13.6. The van der Waals surface area contributed by atoms with Crippen LogP contribution in [0.25, 0.3) is 0 Å². The van der Waals surface area contributed by atoms with E-state index in [1.54, 1.807) is 0 Å². The summed E-state index contributed by atoms with van der Waals surface area (Å²) in [6.07, 6.45) is 1.74. The number of aryl methyl sites for hydroxylation is 1. The summed E-state index contributed by atoms with van der Waals surface area (Å²) >= 11 is 0. The lowest BCUT2D eigenvalue weighted by Crippen LogP contribution is -2.27. The third-order valence-electron chi connectivity index (χ3n) is 4.34. The van der Waals surface area contributed by atoms with E-state index in [1.807, 2.05) is 19.1 Å². The van der Waals surface area contributed by atoms with Gasteiger partial charge >= 0.3 is 0 Å². The van der Waals surface area contributed by atoms with E-state index in [1.165, 1.54) is 11.3 Å². The van der Waals surface area contributed by atoms with Gasteiger partial charge in [-0.05, 0) is 57.2 Å². The van der Waals surface area contributed by atoms with Gasteiger partial charge in [0.05, 0.1) is 0 Å². The fourth-order valence-electron chi connectivity index (χ4n) is 3.18. The molecule has 0 aliphatic carbocycles. The first-order valence-electron chi connectivity index (χ1n) is 7.86. The first-order chi connectivity index (χ1) is 10.6. The van der Waals surface area contributed by atoms with E-state index in [0.29, 0.717) is 6.42 Å². The van der Waals surface area contributed by atoms with Crippen molar-refractivity contribution in [3.8, 4) is 0 Å². The maximum absolute atomic E-state index is 14.6. The highest BCUT2D eigenvalue weighted by atomic mass is 19.1. The number of anilines is 2. The van der Waals surface area contributed by atoms with Crippen molar-refractivity contribution in [3.63, 3.8) is 0 Å². The number of benzene rings is 2. The normalized spacial score (nSPS) is 13.2. The molecular weight excluding hydrogens is 275 g/mol. The van der Waals surface area contributed by atoms with Crippen molar-refractivity contribution in [2.45, 2.75) is 19.8 Å². The minimum atomic E-state index is -0.0513. The Bertz CT molecular complexity index is 679. The molecular formula is C19H23FN2. The first kappa shape index (κ1) is 15.0. The van der Waals surface area contributed by atoms with E-state index in [9.17, 15) is 4.39 Å². The van der Waals surface area contributed by atoms with Crippen LogP contribution in [-0.2, 0) is 6.42 Å². The summed E-state index contributed by atoms with van der Waals surface area (Å²) in [4.78, 5) is 4.46. The lowest BCUT2D eigenvalue weighted by atomic mass is 9.93. The number of hydrogen-bond acceptors (Lipinski definition) is 2. The van der Waals surface area contributed by atoms with Crippen molar-refractivity contribution in [1.29, 1.82) is 0 Å². The predicted molar refractivity (Wildman–Crippen MR) is 90.6 cm³/mol. The molecule has 0 saturated heterocycles. The van der Waals surface area contributed by atoms with Crippen LogP contribution in [0.5, 0.6) is 0 Å². The summed E-state index contributed by atoms with van der Waals surface area (Å²) in [5, 5.41) is 0. The van der Waals surface area contributed by atoms with Crippen molar-refractivity contribution in [2.24, 2.45) is 0 Å². The minimum Gasteiger partial charge on any atom is -0.341 e. The second-order valence-electron chi connectivity index (χ2n) is 6.31. The molecule has 0 N–H and O–H groups in total. The lowest BCUT2D eigenvalue weighted by Gasteiger charge is -2.34. The standard InChI is InChI=1S/C19H23FN2/c1-14-9-10-18-16(19(14)20)13-15-7-4-5-8-17(15)22(18)12-6-11-21(2)3/h4-5,7-10H,6,11-13H2,1-3H3. The average Bonchev–Trinajstić information content (AvgIpc) is 2.50. The van der Waals surface area contributed by atoms with E-state index in [4.69, 9.17) is 0 Å². The number of hydrogen-bond donors (Lipinski definition) is 0. The van der Waals surface area contributed by atoms with Gasteiger partial charge < -0.3 is 9.80 Å². The van der Waals surface area contributed by atoms with E-state index in [0.717, 1.165) is 36.3 Å². The van der Waals surface area contributed by atoms with Gasteiger partial charge in [0.2, 0.25) is 0 Å². The molecule has 3 rings (SSSR count). The highest BCUT2D eigenvalue weighted by molar-refractivity contribution is 5.74. The topological polar surface area (TPSA) is 6.48 Å². The molecule has 1 aliphatic heterocycles. The van der Waals surface area contributed by atoms with Crippen LogP contribution >= 0.6 is 0 Å². The van der Waals surface area contributed by atoms with Crippen molar-refractivity contribution in [3.05, 3.63) is 58.9 Å². The number of para-hydroxylation sites is 1. The van der Waals surface area contributed by atoms with Crippen LogP contribution in [0.1, 0.15) is 23.1 Å². The SMILES string of the molecule is Cc1ccc2c(c1F)Cc1ccccc1N2CCCN(C)C. The summed E-state index contributed by atoms with van der Waals surface area (Å²) in [5.41, 5.74) is 5.02. The van der Waals surface area contributed by atoms with Gasteiger partial charge in [-0.3, -0.25) is 0 Å². The Balaban J connectivity index is 1.99. The summed E-state index contributed by atoms with van der Waals surface area (Å²) in [6.45, 7) is 3.78. The smallest absolute Gasteiger partial charge is 0.131 e. The molecule has 2 nitrogen and oxygen atoms in total. The molecule has 0 unspecified atom stereocenters. The zero-order valence-electron chi connectivity index (χ0n) is 13.6. The van der Waals surface area contributed by atoms with Gasteiger partial charge in [-0.15, -0.1) is 0 Å². The second kappa shape index (κ2) is 6.09. The summed E-state index contributed by atoms with van der Waals surface area (Å²) < 4.78 is 14.6. The Morgan fingerprint density at radius 1 is 1.09 bits per heavy atom. The average molecular weight is 298 g/mol. The highest BCUT2D eigenvalue weighted by Gasteiger charge is 2.25. The van der Waals surface area contributed by atoms with Gasteiger partial charge in [0.15, 0.2) is 0 Å². The van der Waals surface area contributed by atoms with E-state index in [2.05, 4.69) is 48.2 Å². The third-order valence-corrected chi connectivity index (χ3v) is 4.34. The Morgan fingerprint density at radius 2 is 1.86 bits per heavy atom. The largest absolute Gasteiger partial charge is 0.341 e. The van der Waals surface area contributed by atoms with E-state index >= 15 is 0 Å². The summed E-state index contributed by atoms with van der Waals surface area (Å²) in [5.74, 6) is -0.0513. The monoisotopic (exact) mass is 298 g/mol. The zero-order chi connectivity index (χ0) is 15.7. The maximum Gasteiger partial charge on any atom is 0.131 e. The predicted octanol–water partition coefficient (Wildman–Crippen LogP) is 4.13. The molecule has 0 bridgehead atoms. The maximum atomic E-state index is 14.6. The third kappa shape index (κ3) is 2.73. The summed E-state index contributed by atoms with van der Waals surface area (Å²) in [6, 6.07) is 12.3. The van der Waals surface area contributed by atoms with Crippen LogP contribution in [0.3, 0.4) is 0 Å². The molecule has 0 fully saturated rings. The van der Waals surface area contributed by atoms with Crippen molar-refractivity contribution < 1.29 is 4.39 Å². The lowest BCUT2D eigenvalue weighted by molar-refractivity contribution is 0.402. The molecule has 0 saturated carbocycles. The highest BCUT2D eigenvalue weighted by Crippen LogP contribution is 2.40. The van der Waals surface area contributed by atoms with Gasteiger partial charge in [-0.1, -0.05) is 24.3 Å². The van der Waals surface area contributed by atoms with Crippen molar-refractivity contribution >= 4 is 11.4 Å². The molecule has 1 heterocycles. The van der Waals surface area contributed by atoms with Gasteiger partial charge in [-0.2, -0.15) is 0 Å². The van der Waals surface area contributed by atoms with Crippen LogP contribution in [-0.4, -0.2) is 32.1 Å². The molecule has 0 aromatic heterocycles. The Hall–Kier alpha value is -1.87. The Labute approximate surface area is 132 Å². The van der Waals surface area contributed by atoms with Crippen LogP contribution in [0.15, 0.2) is 36.4 Å². The van der Waals surface area contributed by atoms with Crippen LogP contribution < -0.4 is 4.90 Å². The molecule has 116 valence electrons. The van der Waals surface area contributed by atoms with Gasteiger partial charge in [-0.25, -0.2) is 4.39 Å². The molecule has 2 aromatic carbocycles. The van der Waals surface area contributed by atoms with Gasteiger partial charge in [0.25, 0.3) is 0 Å². The number of nitrogens with zero attached hydrogens (tertiary/aromatic N) is 2. The van der Waals surface area contributed by atoms with Gasteiger partial charge in [0.1, 0.15) is 5.82 Å². The summed E-state index contributed by atoms with van der Waals surface area (Å²) in [7, 11) is 4.17. The quantitative estimate of drug-likeness (QED) is 0.837. The number of rotatable bonds is 4. The van der Waals surface area contributed by atoms with Crippen molar-refractivity contribution in [1.82, 2.24) is 4.90 Å². The molecule has 0 spiro atoms. The Kier molecular flexibility index (Phi) is 4.16. The molecule has 0 atom stereocenters. The Morgan fingerprint density at radius 3 is 2.64 bits per heavy atom. The van der Waals surface area contributed by atoms with Gasteiger partial charge in [0, 0.05) is 29.9 Å². The fourth-order valence-corrected chi connectivity index (χ4v) is 3.18. The first-order valence-corrected chi connectivity index (χ1v) is 7.86.